The second-order valence-electron chi connectivity index (χ2n) is 5.73. The Kier molecular flexibility index (Phi) is 4.78. The van der Waals surface area contributed by atoms with Gasteiger partial charge in [-0.25, -0.2) is 4.98 Å². The lowest BCUT2D eigenvalue weighted by Crippen LogP contribution is -2.27. The van der Waals surface area contributed by atoms with E-state index in [9.17, 15) is 4.79 Å². The maximum absolute atomic E-state index is 11.5. The van der Waals surface area contributed by atoms with Crippen LogP contribution in [0.2, 0.25) is 0 Å². The van der Waals surface area contributed by atoms with E-state index in [0.29, 0.717) is 5.92 Å². The molecule has 1 N–H and O–H groups in total. The van der Waals surface area contributed by atoms with Crippen LogP contribution in [-0.2, 0) is 11.3 Å². The molecule has 0 spiro atoms. The molecule has 1 aromatic carbocycles. The molecule has 0 aliphatic rings. The molecule has 4 heteroatoms. The molecule has 0 aliphatic heterocycles. The minimum absolute atomic E-state index is 0.143. The van der Waals surface area contributed by atoms with Gasteiger partial charge in [-0.3, -0.25) is 4.79 Å². The number of benzene rings is 1. The maximum atomic E-state index is 11.5. The molecule has 0 aliphatic carbocycles. The summed E-state index contributed by atoms with van der Waals surface area (Å²) >= 11 is 0. The van der Waals surface area contributed by atoms with Crippen molar-refractivity contribution in [1.29, 1.82) is 0 Å². The van der Waals surface area contributed by atoms with Gasteiger partial charge in [0.2, 0.25) is 5.91 Å². The van der Waals surface area contributed by atoms with Crippen molar-refractivity contribution in [3.8, 4) is 0 Å². The van der Waals surface area contributed by atoms with Crippen molar-refractivity contribution in [2.24, 2.45) is 5.92 Å². The number of imidazole rings is 1. The fourth-order valence-corrected chi connectivity index (χ4v) is 2.38. The minimum Gasteiger partial charge on any atom is -0.343 e. The fourth-order valence-electron chi connectivity index (χ4n) is 2.38. The highest BCUT2D eigenvalue weighted by Crippen LogP contribution is 2.22. The molecule has 112 valence electrons. The van der Waals surface area contributed by atoms with E-state index in [1.165, 1.54) is 6.08 Å². The number of aromatic nitrogens is 2. The molecule has 0 radical (unpaired) electrons. The number of fused-ring (bicyclic) bond motifs is 1. The van der Waals surface area contributed by atoms with Crippen LogP contribution in [0.15, 0.2) is 36.9 Å². The molecule has 1 amide bonds. The molecule has 1 aromatic heterocycles. The summed E-state index contributed by atoms with van der Waals surface area (Å²) in [5, 5.41) is 2.89. The second-order valence-corrected chi connectivity index (χ2v) is 5.73. The Morgan fingerprint density at radius 2 is 2.10 bits per heavy atom. The third-order valence-corrected chi connectivity index (χ3v) is 3.55. The Bertz CT molecular complexity index is 643. The molecule has 0 fully saturated rings. The first-order chi connectivity index (χ1) is 10.0. The lowest BCUT2D eigenvalue weighted by molar-refractivity contribution is -0.117. The lowest BCUT2D eigenvalue weighted by atomic mass is 10.1. The van der Waals surface area contributed by atoms with Crippen LogP contribution < -0.4 is 5.32 Å². The number of nitrogens with zero attached hydrogens (tertiary/aromatic N) is 2. The van der Waals surface area contributed by atoms with Gasteiger partial charge in [-0.05, 0) is 37.5 Å². The molecule has 0 saturated carbocycles. The van der Waals surface area contributed by atoms with Gasteiger partial charge in [-0.2, -0.15) is 0 Å². The van der Waals surface area contributed by atoms with E-state index in [2.05, 4.69) is 36.4 Å². The third-order valence-electron chi connectivity index (χ3n) is 3.55. The predicted molar refractivity (Wildman–Crippen MR) is 85.9 cm³/mol. The van der Waals surface area contributed by atoms with Crippen molar-refractivity contribution in [3.05, 3.63) is 42.7 Å². The normalized spacial score (nSPS) is 12.6. The van der Waals surface area contributed by atoms with E-state index in [1.807, 2.05) is 25.1 Å². The lowest BCUT2D eigenvalue weighted by Gasteiger charge is -2.16. The number of para-hydroxylation sites is 2. The molecule has 2 rings (SSSR count). The predicted octanol–water partition coefficient (Wildman–Crippen LogP) is 3.45. The second kappa shape index (κ2) is 6.57. The number of amides is 1. The van der Waals surface area contributed by atoms with Crippen LogP contribution in [0.5, 0.6) is 0 Å². The molecule has 0 bridgehead atoms. The van der Waals surface area contributed by atoms with Crippen LogP contribution in [0, 0.1) is 5.92 Å². The number of hydrogen-bond donors (Lipinski definition) is 1. The molecular weight excluding hydrogens is 262 g/mol. The number of nitrogens with one attached hydrogen (secondary N) is 1. The summed E-state index contributed by atoms with van der Waals surface area (Å²) in [4.78, 5) is 16.2. The van der Waals surface area contributed by atoms with Gasteiger partial charge < -0.3 is 9.88 Å². The fraction of sp³-hybridized carbons (Fsp3) is 0.412. The zero-order chi connectivity index (χ0) is 15.4. The Morgan fingerprint density at radius 1 is 1.38 bits per heavy atom. The molecule has 2 aromatic rings. The van der Waals surface area contributed by atoms with Crippen LogP contribution in [0.4, 0.5) is 0 Å². The van der Waals surface area contributed by atoms with Gasteiger partial charge in [0.15, 0.2) is 0 Å². The first-order valence-electron chi connectivity index (χ1n) is 7.41. The van der Waals surface area contributed by atoms with Crippen molar-refractivity contribution in [1.82, 2.24) is 14.9 Å². The summed E-state index contributed by atoms with van der Waals surface area (Å²) in [6.45, 7) is 10.8. The summed E-state index contributed by atoms with van der Waals surface area (Å²) in [6, 6.07) is 7.95. The quantitative estimate of drug-likeness (QED) is 0.826. The van der Waals surface area contributed by atoms with Crippen molar-refractivity contribution in [2.75, 3.05) is 0 Å². The zero-order valence-corrected chi connectivity index (χ0v) is 13.0. The number of aryl methyl sites for hydroxylation is 1. The van der Waals surface area contributed by atoms with E-state index >= 15 is 0 Å². The van der Waals surface area contributed by atoms with Gasteiger partial charge in [0, 0.05) is 6.54 Å². The molecule has 1 heterocycles. The van der Waals surface area contributed by atoms with Crippen LogP contribution in [0.3, 0.4) is 0 Å². The van der Waals surface area contributed by atoms with Gasteiger partial charge in [0.1, 0.15) is 5.82 Å². The average Bonchev–Trinajstić information content (AvgIpc) is 2.83. The standard InChI is InChI=1S/C17H23N3O/c1-5-16(21)18-13(4)17-19-14-8-6-7-9-15(14)20(17)11-10-12(2)3/h5-9,12-13H,1,10-11H2,2-4H3,(H,18,21). The van der Waals surface area contributed by atoms with Crippen molar-refractivity contribution in [2.45, 2.75) is 39.8 Å². The van der Waals surface area contributed by atoms with Crippen molar-refractivity contribution >= 4 is 16.9 Å². The van der Waals surface area contributed by atoms with Gasteiger partial charge in [-0.15, -0.1) is 0 Å². The third kappa shape index (κ3) is 3.51. The van der Waals surface area contributed by atoms with Gasteiger partial charge in [0.05, 0.1) is 17.1 Å². The first-order valence-corrected chi connectivity index (χ1v) is 7.41. The monoisotopic (exact) mass is 285 g/mol. The number of carbonyl (C=O) groups is 1. The Morgan fingerprint density at radius 3 is 2.76 bits per heavy atom. The van der Waals surface area contributed by atoms with Crippen LogP contribution in [0.1, 0.15) is 39.1 Å². The van der Waals surface area contributed by atoms with Crippen LogP contribution in [-0.4, -0.2) is 15.5 Å². The zero-order valence-electron chi connectivity index (χ0n) is 13.0. The number of rotatable bonds is 6. The Hall–Kier alpha value is -2.10. The number of hydrogen-bond acceptors (Lipinski definition) is 2. The largest absolute Gasteiger partial charge is 0.343 e. The maximum Gasteiger partial charge on any atom is 0.243 e. The molecule has 1 atom stereocenters. The summed E-state index contributed by atoms with van der Waals surface area (Å²) in [7, 11) is 0. The van der Waals surface area contributed by atoms with Gasteiger partial charge in [-0.1, -0.05) is 32.6 Å². The highest BCUT2D eigenvalue weighted by molar-refractivity contribution is 5.87. The van der Waals surface area contributed by atoms with E-state index in [0.717, 1.165) is 29.8 Å². The molecule has 21 heavy (non-hydrogen) atoms. The summed E-state index contributed by atoms with van der Waals surface area (Å²) in [5.74, 6) is 1.34. The first kappa shape index (κ1) is 15.3. The van der Waals surface area contributed by atoms with Crippen LogP contribution in [0.25, 0.3) is 11.0 Å². The summed E-state index contributed by atoms with van der Waals surface area (Å²) in [6.07, 6.45) is 2.37. The molecule has 0 saturated heterocycles. The number of carbonyl (C=O) groups excluding carboxylic acids is 1. The van der Waals surface area contributed by atoms with Crippen molar-refractivity contribution < 1.29 is 4.79 Å². The minimum atomic E-state index is -0.176. The SMILES string of the molecule is C=CC(=O)NC(C)c1nc2ccccc2n1CCC(C)C. The highest BCUT2D eigenvalue weighted by atomic mass is 16.1. The van der Waals surface area contributed by atoms with E-state index in [4.69, 9.17) is 4.98 Å². The van der Waals surface area contributed by atoms with E-state index in [1.54, 1.807) is 0 Å². The molecule has 4 nitrogen and oxygen atoms in total. The Balaban J connectivity index is 2.38. The Labute approximate surface area is 125 Å². The molecule has 1 unspecified atom stereocenters. The highest BCUT2D eigenvalue weighted by Gasteiger charge is 2.17. The van der Waals surface area contributed by atoms with E-state index < -0.39 is 0 Å². The average molecular weight is 285 g/mol. The molecular formula is C17H23N3O. The van der Waals surface area contributed by atoms with E-state index in [-0.39, 0.29) is 11.9 Å². The summed E-state index contributed by atoms with van der Waals surface area (Å²) < 4.78 is 2.21. The topological polar surface area (TPSA) is 46.9 Å². The smallest absolute Gasteiger partial charge is 0.243 e. The van der Waals surface area contributed by atoms with Crippen LogP contribution >= 0.6 is 0 Å². The summed E-state index contributed by atoms with van der Waals surface area (Å²) in [5.41, 5.74) is 2.09. The van der Waals surface area contributed by atoms with Gasteiger partial charge in [0.25, 0.3) is 0 Å². The van der Waals surface area contributed by atoms with Gasteiger partial charge >= 0.3 is 0 Å². The van der Waals surface area contributed by atoms with Crippen molar-refractivity contribution in [3.63, 3.8) is 0 Å².